The van der Waals surface area contributed by atoms with Crippen molar-refractivity contribution in [2.24, 2.45) is 5.92 Å². The van der Waals surface area contributed by atoms with E-state index in [4.69, 9.17) is 14.6 Å². The normalized spacial score (nSPS) is 25.7. The number of carboxylic acids is 1. The molecule has 1 heterocycles. The van der Waals surface area contributed by atoms with E-state index in [9.17, 15) is 4.79 Å². The first-order chi connectivity index (χ1) is 9.94. The Morgan fingerprint density at radius 2 is 2.00 bits per heavy atom. The average Bonchev–Trinajstić information content (AvgIpc) is 3.20. The molecule has 4 nitrogen and oxygen atoms in total. The first-order valence-electron chi connectivity index (χ1n) is 7.58. The van der Waals surface area contributed by atoms with Crippen molar-refractivity contribution in [3.8, 4) is 0 Å². The number of rotatable bonds is 5. The second-order valence-electron chi connectivity index (χ2n) is 6.53. The van der Waals surface area contributed by atoms with Crippen LogP contribution in [0.1, 0.15) is 56.3 Å². The van der Waals surface area contributed by atoms with Crippen LogP contribution >= 0.6 is 0 Å². The van der Waals surface area contributed by atoms with Gasteiger partial charge in [-0.3, -0.25) is 4.79 Å². The van der Waals surface area contributed by atoms with E-state index in [-0.39, 0.29) is 18.4 Å². The van der Waals surface area contributed by atoms with Crippen LogP contribution in [0.5, 0.6) is 0 Å². The van der Waals surface area contributed by atoms with Crippen LogP contribution in [0, 0.1) is 5.92 Å². The summed E-state index contributed by atoms with van der Waals surface area (Å²) in [7, 11) is 0. The summed E-state index contributed by atoms with van der Waals surface area (Å²) in [5, 5.41) is 9.07. The zero-order valence-electron chi connectivity index (χ0n) is 12.5. The highest BCUT2D eigenvalue weighted by Crippen LogP contribution is 2.44. The molecule has 3 rings (SSSR count). The number of carbonyl (C=O) groups is 1. The van der Waals surface area contributed by atoms with Crippen LogP contribution in [0.4, 0.5) is 0 Å². The van der Waals surface area contributed by atoms with Gasteiger partial charge in [0.1, 0.15) is 6.10 Å². The Balaban J connectivity index is 1.72. The highest BCUT2D eigenvalue weighted by molar-refractivity contribution is 5.68. The Morgan fingerprint density at radius 3 is 2.48 bits per heavy atom. The van der Waals surface area contributed by atoms with Gasteiger partial charge in [0, 0.05) is 0 Å². The van der Waals surface area contributed by atoms with Gasteiger partial charge in [0.05, 0.1) is 13.0 Å². The van der Waals surface area contributed by atoms with Gasteiger partial charge in [-0.2, -0.15) is 0 Å². The molecule has 1 aromatic rings. The molecule has 21 heavy (non-hydrogen) atoms. The van der Waals surface area contributed by atoms with Gasteiger partial charge in [-0.1, -0.05) is 24.3 Å². The average molecular weight is 290 g/mol. The third kappa shape index (κ3) is 3.44. The Labute approximate surface area is 125 Å². The van der Waals surface area contributed by atoms with Gasteiger partial charge < -0.3 is 14.6 Å². The fourth-order valence-electron chi connectivity index (χ4n) is 3.05. The highest BCUT2D eigenvalue weighted by Gasteiger charge is 2.35. The van der Waals surface area contributed by atoms with Gasteiger partial charge >= 0.3 is 5.97 Å². The molecule has 2 aliphatic rings. The molecule has 1 aliphatic carbocycles. The maximum Gasteiger partial charge on any atom is 0.303 e. The topological polar surface area (TPSA) is 55.8 Å². The van der Waals surface area contributed by atoms with E-state index < -0.39 is 11.8 Å². The van der Waals surface area contributed by atoms with Crippen molar-refractivity contribution in [2.45, 2.75) is 50.9 Å². The minimum Gasteiger partial charge on any atom is -0.481 e. The van der Waals surface area contributed by atoms with E-state index >= 15 is 0 Å². The minimum atomic E-state index is -0.717. The Morgan fingerprint density at radius 1 is 1.33 bits per heavy atom. The second-order valence-corrected chi connectivity index (χ2v) is 6.53. The molecule has 0 amide bonds. The van der Waals surface area contributed by atoms with Crippen molar-refractivity contribution in [2.75, 3.05) is 6.61 Å². The summed E-state index contributed by atoms with van der Waals surface area (Å²) >= 11 is 0. The molecule has 2 atom stereocenters. The molecule has 0 spiro atoms. The summed E-state index contributed by atoms with van der Waals surface area (Å²) in [4.78, 5) is 11.0. The molecular formula is C17H22O4. The largest absolute Gasteiger partial charge is 0.481 e. The molecule has 0 radical (unpaired) electrons. The minimum absolute atomic E-state index is 0.0344. The van der Waals surface area contributed by atoms with Gasteiger partial charge in [-0.25, -0.2) is 0 Å². The van der Waals surface area contributed by atoms with Crippen molar-refractivity contribution >= 4 is 5.97 Å². The fraction of sp³-hybridized carbons (Fsp3) is 0.588. The van der Waals surface area contributed by atoms with E-state index in [1.165, 1.54) is 0 Å². The van der Waals surface area contributed by atoms with E-state index in [0.717, 1.165) is 24.0 Å². The van der Waals surface area contributed by atoms with E-state index in [1.807, 2.05) is 26.0 Å². The molecule has 114 valence electrons. The second kappa shape index (κ2) is 5.43. The number of carboxylic acid groups (broad SMARTS) is 1. The summed E-state index contributed by atoms with van der Waals surface area (Å²) in [5.74, 6) is -0.556. The van der Waals surface area contributed by atoms with Crippen LogP contribution in [-0.2, 0) is 14.3 Å². The molecule has 2 unspecified atom stereocenters. The van der Waals surface area contributed by atoms with Gasteiger partial charge in [0.15, 0.2) is 5.79 Å². The summed E-state index contributed by atoms with van der Waals surface area (Å²) in [6.45, 7) is 4.39. The van der Waals surface area contributed by atoms with Gasteiger partial charge in [-0.15, -0.1) is 0 Å². The fourth-order valence-corrected chi connectivity index (χ4v) is 3.05. The summed E-state index contributed by atoms with van der Waals surface area (Å²) in [6, 6.07) is 8.19. The predicted octanol–water partition coefficient (Wildman–Crippen LogP) is 3.48. The third-order valence-corrected chi connectivity index (χ3v) is 4.33. The summed E-state index contributed by atoms with van der Waals surface area (Å²) < 4.78 is 11.4. The molecule has 4 heteroatoms. The smallest absolute Gasteiger partial charge is 0.303 e. The lowest BCUT2D eigenvalue weighted by atomic mass is 9.90. The Hall–Kier alpha value is -1.39. The number of ether oxygens (including phenoxy) is 2. The Bertz CT molecular complexity index is 516. The first-order valence-corrected chi connectivity index (χ1v) is 7.58. The zero-order chi connectivity index (χ0) is 15.0. The number of hydrogen-bond donors (Lipinski definition) is 1. The summed E-state index contributed by atoms with van der Waals surface area (Å²) in [5.41, 5.74) is 2.22. The standard InChI is InChI=1S/C17H22O4/c1-17(2)20-10-15(21-17)13-7-5-12(6-8-13)14(9-16(18)19)11-3-4-11/h5-8,11,14-15H,3-4,9-10H2,1-2H3,(H,18,19). The van der Waals surface area contributed by atoms with Crippen molar-refractivity contribution in [1.29, 1.82) is 0 Å². The van der Waals surface area contributed by atoms with Crippen molar-refractivity contribution in [1.82, 2.24) is 0 Å². The lowest BCUT2D eigenvalue weighted by Gasteiger charge is -2.18. The SMILES string of the molecule is CC1(C)OCC(c2ccc(C(CC(=O)O)C3CC3)cc2)O1. The van der Waals surface area contributed by atoms with Crippen molar-refractivity contribution in [3.05, 3.63) is 35.4 Å². The molecule has 2 fully saturated rings. The monoisotopic (exact) mass is 290 g/mol. The van der Waals surface area contributed by atoms with Gasteiger partial charge in [0.25, 0.3) is 0 Å². The number of hydrogen-bond acceptors (Lipinski definition) is 3. The molecule has 1 aliphatic heterocycles. The van der Waals surface area contributed by atoms with E-state index in [0.29, 0.717) is 12.5 Å². The van der Waals surface area contributed by atoms with Crippen LogP contribution in [0.15, 0.2) is 24.3 Å². The van der Waals surface area contributed by atoms with Gasteiger partial charge in [0.2, 0.25) is 0 Å². The maximum absolute atomic E-state index is 11.0. The van der Waals surface area contributed by atoms with Crippen molar-refractivity contribution < 1.29 is 19.4 Å². The third-order valence-electron chi connectivity index (χ3n) is 4.33. The van der Waals surface area contributed by atoms with Gasteiger partial charge in [-0.05, 0) is 49.7 Å². The molecular weight excluding hydrogens is 268 g/mol. The van der Waals surface area contributed by atoms with Crippen LogP contribution in [0.2, 0.25) is 0 Å². The molecule has 0 aromatic heterocycles. The van der Waals surface area contributed by atoms with Crippen LogP contribution in [0.3, 0.4) is 0 Å². The summed E-state index contributed by atoms with van der Waals surface area (Å²) in [6.07, 6.45) is 2.48. The van der Waals surface area contributed by atoms with Crippen molar-refractivity contribution in [3.63, 3.8) is 0 Å². The lowest BCUT2D eigenvalue weighted by Crippen LogP contribution is -2.19. The quantitative estimate of drug-likeness (QED) is 0.902. The number of aliphatic carboxylic acids is 1. The van der Waals surface area contributed by atoms with E-state index in [1.54, 1.807) is 0 Å². The predicted molar refractivity (Wildman–Crippen MR) is 78.0 cm³/mol. The molecule has 0 bridgehead atoms. The van der Waals surface area contributed by atoms with Crippen LogP contribution < -0.4 is 0 Å². The maximum atomic E-state index is 11.0. The first kappa shape index (κ1) is 14.5. The number of benzene rings is 1. The highest BCUT2D eigenvalue weighted by atomic mass is 16.7. The molecule has 1 saturated heterocycles. The van der Waals surface area contributed by atoms with E-state index in [2.05, 4.69) is 12.1 Å². The van der Waals surface area contributed by atoms with Crippen LogP contribution in [-0.4, -0.2) is 23.5 Å². The molecule has 1 N–H and O–H groups in total. The molecule has 1 saturated carbocycles. The van der Waals surface area contributed by atoms with Crippen LogP contribution in [0.25, 0.3) is 0 Å². The molecule has 1 aromatic carbocycles. The lowest BCUT2D eigenvalue weighted by molar-refractivity contribution is -0.139. The Kier molecular flexibility index (Phi) is 3.76. The zero-order valence-corrected chi connectivity index (χ0v) is 12.5.